The molecule has 5 rings (SSSR count). The maximum Gasteiger partial charge on any atom is 0.284 e. The number of hydrogen-bond donors (Lipinski definition) is 1. The van der Waals surface area contributed by atoms with Crippen LogP contribution in [0.2, 0.25) is 0 Å². The molecule has 0 fully saturated rings. The van der Waals surface area contributed by atoms with Gasteiger partial charge >= 0.3 is 0 Å². The zero-order chi connectivity index (χ0) is 14.8. The molecule has 23 heavy (non-hydrogen) atoms. The van der Waals surface area contributed by atoms with Crippen LogP contribution in [0.3, 0.4) is 0 Å². The largest absolute Gasteiger partial charge is 1.00 e. The minimum atomic E-state index is 0. The second-order valence-electron chi connectivity index (χ2n) is 5.48. The van der Waals surface area contributed by atoms with E-state index in [1.807, 2.05) is 47.2 Å². The summed E-state index contributed by atoms with van der Waals surface area (Å²) in [6, 6.07) is 15.9. The summed E-state index contributed by atoms with van der Waals surface area (Å²) in [6.45, 7) is 0. The number of rotatable bonds is 0. The highest BCUT2D eigenvalue weighted by atomic mass is 79.9. The molecular weight excluding hydrogens is 376 g/mol. The lowest BCUT2D eigenvalue weighted by Crippen LogP contribution is -3.00. The van der Waals surface area contributed by atoms with Crippen LogP contribution in [-0.4, -0.2) is 10.8 Å². The molecule has 2 aromatic carbocycles. The van der Waals surface area contributed by atoms with Crippen molar-refractivity contribution in [1.82, 2.24) is 4.98 Å². The second-order valence-corrected chi connectivity index (χ2v) is 6.40. The zero-order valence-electron chi connectivity index (χ0n) is 11.8. The monoisotopic (exact) mass is 384 g/mol. The Morgan fingerprint density at radius 3 is 2.70 bits per heavy atom. The molecule has 0 saturated heterocycles. The Hall–Kier alpha value is -2.17. The predicted octanol–water partition coefficient (Wildman–Crippen LogP) is 0.909. The third kappa shape index (κ3) is 1.82. The summed E-state index contributed by atoms with van der Waals surface area (Å²) in [5.74, 6) is 0.0758. The molecule has 3 heterocycles. The normalized spacial score (nSPS) is 12.3. The number of carbonyl (C=O) groups excluding carboxylic acids is 1. The van der Waals surface area contributed by atoms with E-state index in [4.69, 9.17) is 0 Å². The standard InChI is InChI=1S/C18H9BrN2O.ClH/c19-10-5-6-11-12-7-8-21-15-4-2-1-3-13(15)18(22)17(21)16(12)20-14(11)9-10;/h1-9H;1H. The Balaban J connectivity index is 0.00000135. The van der Waals surface area contributed by atoms with E-state index in [0.29, 0.717) is 5.69 Å². The van der Waals surface area contributed by atoms with Crippen molar-refractivity contribution in [2.45, 2.75) is 0 Å². The number of carbonyl (C=O) groups is 1. The third-order valence-electron chi connectivity index (χ3n) is 4.29. The Morgan fingerprint density at radius 1 is 1.00 bits per heavy atom. The molecular formula is C18H10BrClN2O. The number of pyridine rings is 1. The SMILES string of the molecule is O=C1c2ccccc2-[n+]2ccc3c([nH]c4cc(Br)ccc43)c21.[Cl-]. The minimum Gasteiger partial charge on any atom is -1.00 e. The van der Waals surface area contributed by atoms with Crippen LogP contribution in [0.4, 0.5) is 0 Å². The second kappa shape index (κ2) is 4.91. The molecule has 0 aliphatic carbocycles. The smallest absolute Gasteiger partial charge is 0.284 e. The van der Waals surface area contributed by atoms with Crippen LogP contribution in [0.15, 0.2) is 59.2 Å². The average molecular weight is 386 g/mol. The van der Waals surface area contributed by atoms with Gasteiger partial charge < -0.3 is 17.4 Å². The summed E-state index contributed by atoms with van der Waals surface area (Å²) in [6.07, 6.45) is 1.98. The molecule has 5 heteroatoms. The lowest BCUT2D eigenvalue weighted by Gasteiger charge is -1.94. The molecule has 2 aromatic heterocycles. The van der Waals surface area contributed by atoms with Gasteiger partial charge in [0.05, 0.1) is 0 Å². The van der Waals surface area contributed by atoms with Crippen molar-refractivity contribution in [2.75, 3.05) is 0 Å². The van der Waals surface area contributed by atoms with Crippen LogP contribution in [-0.2, 0) is 0 Å². The number of aromatic amines is 1. The van der Waals surface area contributed by atoms with Crippen LogP contribution in [0.25, 0.3) is 27.5 Å². The van der Waals surface area contributed by atoms with Crippen molar-refractivity contribution >= 4 is 43.5 Å². The van der Waals surface area contributed by atoms with Gasteiger partial charge in [-0.1, -0.05) is 34.1 Å². The first kappa shape index (κ1) is 14.4. The summed E-state index contributed by atoms with van der Waals surface area (Å²) in [4.78, 5) is 16.2. The highest BCUT2D eigenvalue weighted by molar-refractivity contribution is 9.10. The number of nitrogens with one attached hydrogen (secondary N) is 1. The highest BCUT2D eigenvalue weighted by Gasteiger charge is 2.37. The van der Waals surface area contributed by atoms with Gasteiger partial charge in [0.15, 0.2) is 6.20 Å². The molecule has 4 aromatic rings. The molecule has 3 nitrogen and oxygen atoms in total. The number of ketones is 1. The van der Waals surface area contributed by atoms with E-state index in [1.54, 1.807) is 0 Å². The van der Waals surface area contributed by atoms with Crippen LogP contribution >= 0.6 is 15.9 Å². The highest BCUT2D eigenvalue weighted by Crippen LogP contribution is 2.32. The lowest BCUT2D eigenvalue weighted by molar-refractivity contribution is -0.592. The summed E-state index contributed by atoms with van der Waals surface area (Å²) < 4.78 is 3.00. The van der Waals surface area contributed by atoms with Crippen LogP contribution in [0.5, 0.6) is 0 Å². The van der Waals surface area contributed by atoms with Crippen molar-refractivity contribution in [3.8, 4) is 5.69 Å². The van der Waals surface area contributed by atoms with Gasteiger partial charge in [0, 0.05) is 32.9 Å². The van der Waals surface area contributed by atoms with Gasteiger partial charge in [0.2, 0.25) is 5.69 Å². The van der Waals surface area contributed by atoms with Gasteiger partial charge in [0.25, 0.3) is 11.5 Å². The van der Waals surface area contributed by atoms with Gasteiger partial charge in [-0.25, -0.2) is 0 Å². The fraction of sp³-hybridized carbons (Fsp3) is 0. The molecule has 0 amide bonds. The van der Waals surface area contributed by atoms with E-state index in [1.165, 1.54) is 0 Å². The first-order chi connectivity index (χ1) is 10.7. The Labute approximate surface area is 146 Å². The molecule has 0 saturated carbocycles. The third-order valence-corrected chi connectivity index (χ3v) is 4.79. The van der Waals surface area contributed by atoms with Gasteiger partial charge in [-0.3, -0.25) is 4.79 Å². The number of fused-ring (bicyclic) bond motifs is 7. The number of hydrogen-bond acceptors (Lipinski definition) is 1. The molecule has 1 aliphatic rings. The summed E-state index contributed by atoms with van der Waals surface area (Å²) in [5, 5.41) is 2.21. The van der Waals surface area contributed by atoms with E-state index >= 15 is 0 Å². The number of H-pyrrole nitrogens is 1. The fourth-order valence-electron chi connectivity index (χ4n) is 3.32. The maximum atomic E-state index is 12.8. The number of nitrogens with zero attached hydrogens (tertiary/aromatic N) is 1. The lowest BCUT2D eigenvalue weighted by atomic mass is 10.1. The molecule has 0 bridgehead atoms. The van der Waals surface area contributed by atoms with Crippen molar-refractivity contribution < 1.29 is 21.8 Å². The topological polar surface area (TPSA) is 36.7 Å². The molecule has 0 atom stereocenters. The summed E-state index contributed by atoms with van der Waals surface area (Å²) in [5.41, 5.74) is 4.35. The number of para-hydroxylation sites is 1. The van der Waals surface area contributed by atoms with E-state index in [-0.39, 0.29) is 18.2 Å². The van der Waals surface area contributed by atoms with Crippen LogP contribution in [0.1, 0.15) is 16.1 Å². The van der Waals surface area contributed by atoms with Crippen molar-refractivity contribution in [1.29, 1.82) is 0 Å². The van der Waals surface area contributed by atoms with Crippen molar-refractivity contribution in [3.05, 3.63) is 70.5 Å². The van der Waals surface area contributed by atoms with E-state index in [2.05, 4.69) is 33.0 Å². The zero-order valence-corrected chi connectivity index (χ0v) is 14.1. The van der Waals surface area contributed by atoms with Crippen molar-refractivity contribution in [3.63, 3.8) is 0 Å². The maximum absolute atomic E-state index is 12.8. The molecule has 1 aliphatic heterocycles. The summed E-state index contributed by atoms with van der Waals surface area (Å²) in [7, 11) is 0. The van der Waals surface area contributed by atoms with Gasteiger partial charge in [0.1, 0.15) is 11.1 Å². The van der Waals surface area contributed by atoms with E-state index in [0.717, 1.165) is 37.5 Å². The molecule has 1 N–H and O–H groups in total. The first-order valence-electron chi connectivity index (χ1n) is 7.04. The molecule has 0 radical (unpaired) electrons. The number of benzene rings is 2. The van der Waals surface area contributed by atoms with Gasteiger partial charge in [-0.2, -0.15) is 4.57 Å². The Morgan fingerprint density at radius 2 is 1.83 bits per heavy atom. The Kier molecular flexibility index (Phi) is 3.08. The van der Waals surface area contributed by atoms with E-state index < -0.39 is 0 Å². The predicted molar refractivity (Wildman–Crippen MR) is 88.5 cm³/mol. The summed E-state index contributed by atoms with van der Waals surface area (Å²) >= 11 is 3.50. The Bertz CT molecular complexity index is 1120. The van der Waals surface area contributed by atoms with Gasteiger partial charge in [-0.15, -0.1) is 0 Å². The van der Waals surface area contributed by atoms with Crippen LogP contribution in [0, 0.1) is 0 Å². The van der Waals surface area contributed by atoms with Crippen molar-refractivity contribution in [2.24, 2.45) is 0 Å². The quantitative estimate of drug-likeness (QED) is 0.395. The van der Waals surface area contributed by atoms with E-state index in [9.17, 15) is 4.79 Å². The molecule has 112 valence electrons. The fourth-order valence-corrected chi connectivity index (χ4v) is 3.68. The first-order valence-corrected chi connectivity index (χ1v) is 7.83. The minimum absolute atomic E-state index is 0. The molecule has 0 unspecified atom stereocenters. The van der Waals surface area contributed by atoms with Gasteiger partial charge in [-0.05, 0) is 18.2 Å². The van der Waals surface area contributed by atoms with Crippen LogP contribution < -0.4 is 17.0 Å². The average Bonchev–Trinajstić information content (AvgIpc) is 3.03. The molecule has 0 spiro atoms. The number of halogens is 2. The number of aromatic nitrogens is 2.